The summed E-state index contributed by atoms with van der Waals surface area (Å²) in [6, 6.07) is 11.6. The normalized spacial score (nSPS) is 21.3. The first kappa shape index (κ1) is 20.6. The Bertz CT molecular complexity index is 1020. The van der Waals surface area contributed by atoms with Crippen molar-refractivity contribution in [2.45, 2.75) is 45.3 Å². The lowest BCUT2D eigenvalue weighted by molar-refractivity contribution is -0.136. The summed E-state index contributed by atoms with van der Waals surface area (Å²) in [5.74, 6) is 0.132. The average molecular weight is 434 g/mol. The van der Waals surface area contributed by atoms with Crippen molar-refractivity contribution in [3.8, 4) is 0 Å². The fourth-order valence-corrected chi connectivity index (χ4v) is 4.55. The fourth-order valence-electron chi connectivity index (χ4n) is 4.55. The van der Waals surface area contributed by atoms with Gasteiger partial charge in [0.25, 0.3) is 0 Å². The van der Waals surface area contributed by atoms with Gasteiger partial charge < -0.3 is 15.0 Å². The van der Waals surface area contributed by atoms with Crippen molar-refractivity contribution >= 4 is 23.3 Å². The standard InChI is InChI=1S/C24H27N5O3/c1-16-13-22(30)29(20-8-11-32-12-9-20)27-23(16)17-4-6-19(7-5-17)26-24(31)28-14-18-3-2-10-25-21(18)15-28/h2-7,10,16,20H,8-9,11-15H2,1H3,(H,26,31)/t16-/m1/s1. The SMILES string of the molecule is C[C@@H]1CC(=O)N(C2CCOCC2)N=C1c1ccc(NC(=O)N2Cc3cccnc3C2)cc1. The first-order valence-electron chi connectivity index (χ1n) is 11.2. The monoisotopic (exact) mass is 433 g/mol. The van der Waals surface area contributed by atoms with E-state index in [9.17, 15) is 9.59 Å². The number of hydrogen-bond acceptors (Lipinski definition) is 5. The zero-order valence-corrected chi connectivity index (χ0v) is 18.2. The molecule has 1 aromatic carbocycles. The summed E-state index contributed by atoms with van der Waals surface area (Å²) >= 11 is 0. The average Bonchev–Trinajstić information content (AvgIpc) is 3.25. The highest BCUT2D eigenvalue weighted by Gasteiger charge is 2.33. The number of ether oxygens (including phenoxy) is 1. The number of benzene rings is 1. The van der Waals surface area contributed by atoms with Crippen LogP contribution in [-0.2, 0) is 22.6 Å². The molecule has 1 fully saturated rings. The predicted molar refractivity (Wildman–Crippen MR) is 120 cm³/mol. The zero-order chi connectivity index (χ0) is 22.1. The third-order valence-electron chi connectivity index (χ3n) is 6.36. The number of hydrazone groups is 1. The molecule has 0 spiro atoms. The van der Waals surface area contributed by atoms with Crippen molar-refractivity contribution in [1.82, 2.24) is 14.9 Å². The molecule has 1 saturated heterocycles. The van der Waals surface area contributed by atoms with E-state index >= 15 is 0 Å². The molecule has 3 amide bonds. The van der Waals surface area contributed by atoms with E-state index in [4.69, 9.17) is 9.84 Å². The molecule has 0 saturated carbocycles. The number of fused-ring (bicyclic) bond motifs is 1. The summed E-state index contributed by atoms with van der Waals surface area (Å²) in [5, 5.41) is 9.40. The molecule has 3 aliphatic heterocycles. The lowest BCUT2D eigenvalue weighted by Gasteiger charge is -2.35. The van der Waals surface area contributed by atoms with Crippen molar-refractivity contribution in [3.63, 3.8) is 0 Å². The maximum absolute atomic E-state index is 12.7. The maximum atomic E-state index is 12.7. The lowest BCUT2D eigenvalue weighted by Crippen LogP contribution is -2.44. The van der Waals surface area contributed by atoms with Gasteiger partial charge in [-0.05, 0) is 42.2 Å². The van der Waals surface area contributed by atoms with Gasteiger partial charge in [-0.1, -0.05) is 25.1 Å². The summed E-state index contributed by atoms with van der Waals surface area (Å²) in [6.07, 6.45) is 3.85. The topological polar surface area (TPSA) is 87.1 Å². The molecule has 0 aliphatic carbocycles. The first-order chi connectivity index (χ1) is 15.6. The van der Waals surface area contributed by atoms with Crippen LogP contribution < -0.4 is 5.32 Å². The highest BCUT2D eigenvalue weighted by Crippen LogP contribution is 2.27. The van der Waals surface area contributed by atoms with E-state index in [-0.39, 0.29) is 23.9 Å². The van der Waals surface area contributed by atoms with Crippen LogP contribution in [0.1, 0.15) is 43.0 Å². The number of pyridine rings is 1. The van der Waals surface area contributed by atoms with Crippen LogP contribution in [0, 0.1) is 5.92 Å². The fraction of sp³-hybridized carbons (Fsp3) is 0.417. The molecule has 0 bridgehead atoms. The Labute approximate surface area is 187 Å². The minimum Gasteiger partial charge on any atom is -0.381 e. The van der Waals surface area contributed by atoms with E-state index in [2.05, 4.69) is 10.3 Å². The Morgan fingerprint density at radius 1 is 1.12 bits per heavy atom. The Hall–Kier alpha value is -3.26. The van der Waals surface area contributed by atoms with E-state index in [1.807, 2.05) is 43.3 Å². The molecule has 166 valence electrons. The van der Waals surface area contributed by atoms with Crippen molar-refractivity contribution in [2.24, 2.45) is 11.0 Å². The number of carbonyl (C=O) groups excluding carboxylic acids is 2. The molecular formula is C24H27N5O3. The highest BCUT2D eigenvalue weighted by molar-refractivity contribution is 6.06. The number of anilines is 1. The summed E-state index contributed by atoms with van der Waals surface area (Å²) in [5.41, 5.74) is 4.65. The third-order valence-corrected chi connectivity index (χ3v) is 6.36. The van der Waals surface area contributed by atoms with Crippen LogP contribution >= 0.6 is 0 Å². The van der Waals surface area contributed by atoms with Gasteiger partial charge in [0.15, 0.2) is 0 Å². The summed E-state index contributed by atoms with van der Waals surface area (Å²) in [4.78, 5) is 31.4. The van der Waals surface area contributed by atoms with Crippen LogP contribution in [0.25, 0.3) is 0 Å². The highest BCUT2D eigenvalue weighted by atomic mass is 16.5. The van der Waals surface area contributed by atoms with Gasteiger partial charge in [-0.15, -0.1) is 0 Å². The minimum absolute atomic E-state index is 0.0506. The van der Waals surface area contributed by atoms with Crippen LogP contribution in [0.5, 0.6) is 0 Å². The van der Waals surface area contributed by atoms with Gasteiger partial charge in [0.2, 0.25) is 5.91 Å². The van der Waals surface area contributed by atoms with Crippen molar-refractivity contribution < 1.29 is 14.3 Å². The van der Waals surface area contributed by atoms with Gasteiger partial charge in [0.1, 0.15) is 0 Å². The Kier molecular flexibility index (Phi) is 5.61. The van der Waals surface area contributed by atoms with E-state index in [0.29, 0.717) is 32.7 Å². The predicted octanol–water partition coefficient (Wildman–Crippen LogP) is 3.38. The van der Waals surface area contributed by atoms with Crippen LogP contribution in [0.3, 0.4) is 0 Å². The summed E-state index contributed by atoms with van der Waals surface area (Å²) in [7, 11) is 0. The summed E-state index contributed by atoms with van der Waals surface area (Å²) < 4.78 is 5.43. The van der Waals surface area contributed by atoms with Gasteiger partial charge in [-0.3, -0.25) is 9.78 Å². The zero-order valence-electron chi connectivity index (χ0n) is 18.2. The molecule has 1 atom stereocenters. The maximum Gasteiger partial charge on any atom is 0.322 e. The molecule has 8 nitrogen and oxygen atoms in total. The molecule has 3 aliphatic rings. The smallest absolute Gasteiger partial charge is 0.322 e. The Morgan fingerprint density at radius 2 is 1.91 bits per heavy atom. The molecule has 1 N–H and O–H groups in total. The molecule has 2 aromatic rings. The van der Waals surface area contributed by atoms with Gasteiger partial charge in [-0.2, -0.15) is 5.10 Å². The third kappa shape index (κ3) is 4.10. The number of urea groups is 1. The molecule has 1 aromatic heterocycles. The van der Waals surface area contributed by atoms with Crippen molar-refractivity contribution in [3.05, 3.63) is 59.4 Å². The number of aromatic nitrogens is 1. The molecule has 4 heterocycles. The van der Waals surface area contributed by atoms with E-state index in [1.165, 1.54) is 0 Å². The van der Waals surface area contributed by atoms with Crippen LogP contribution in [0.15, 0.2) is 47.7 Å². The number of nitrogens with zero attached hydrogens (tertiary/aromatic N) is 4. The van der Waals surface area contributed by atoms with Crippen molar-refractivity contribution in [2.75, 3.05) is 18.5 Å². The van der Waals surface area contributed by atoms with E-state index in [1.54, 1.807) is 16.1 Å². The molecular weight excluding hydrogens is 406 g/mol. The lowest BCUT2D eigenvalue weighted by atomic mass is 9.93. The molecule has 0 radical (unpaired) electrons. The number of hydrogen-bond donors (Lipinski definition) is 1. The van der Waals surface area contributed by atoms with Crippen LogP contribution in [0.2, 0.25) is 0 Å². The minimum atomic E-state index is -0.143. The number of amides is 3. The van der Waals surface area contributed by atoms with E-state index < -0.39 is 0 Å². The first-order valence-corrected chi connectivity index (χ1v) is 11.2. The number of rotatable bonds is 3. The van der Waals surface area contributed by atoms with E-state index in [0.717, 1.165) is 41.1 Å². The van der Waals surface area contributed by atoms with Gasteiger partial charge in [0.05, 0.1) is 24.0 Å². The Morgan fingerprint density at radius 3 is 2.66 bits per heavy atom. The molecule has 5 rings (SSSR count). The second-order valence-electron chi connectivity index (χ2n) is 8.65. The molecule has 32 heavy (non-hydrogen) atoms. The second kappa shape index (κ2) is 8.70. The van der Waals surface area contributed by atoms with Gasteiger partial charge in [-0.25, -0.2) is 9.80 Å². The van der Waals surface area contributed by atoms with Gasteiger partial charge >= 0.3 is 6.03 Å². The quantitative estimate of drug-likeness (QED) is 0.804. The molecule has 8 heteroatoms. The number of nitrogens with one attached hydrogen (secondary N) is 1. The van der Waals surface area contributed by atoms with Gasteiger partial charge in [0, 0.05) is 44.0 Å². The second-order valence-corrected chi connectivity index (χ2v) is 8.65. The molecule has 0 unspecified atom stereocenters. The number of carbonyl (C=O) groups is 2. The van der Waals surface area contributed by atoms with Crippen LogP contribution in [-0.4, -0.2) is 51.8 Å². The largest absolute Gasteiger partial charge is 0.381 e. The van der Waals surface area contributed by atoms with Crippen LogP contribution in [0.4, 0.5) is 10.5 Å². The Balaban J connectivity index is 1.27. The summed E-state index contributed by atoms with van der Waals surface area (Å²) in [6.45, 7) is 4.46. The van der Waals surface area contributed by atoms with Crippen molar-refractivity contribution in [1.29, 1.82) is 0 Å².